The number of hydrogen-bond acceptors (Lipinski definition) is 5. The highest BCUT2D eigenvalue weighted by Crippen LogP contribution is 2.32. The highest BCUT2D eigenvalue weighted by atomic mass is 32.1. The van der Waals surface area contributed by atoms with E-state index in [1.165, 1.54) is 0 Å². The van der Waals surface area contributed by atoms with Crippen molar-refractivity contribution < 1.29 is 4.79 Å². The summed E-state index contributed by atoms with van der Waals surface area (Å²) in [6.45, 7) is 4.59. The van der Waals surface area contributed by atoms with Gasteiger partial charge in [-0.05, 0) is 31.4 Å². The number of nitrogens with one attached hydrogen (secondary N) is 1. The largest absolute Gasteiger partial charge is 0.356 e. The summed E-state index contributed by atoms with van der Waals surface area (Å²) in [6, 6.07) is 14.3. The Morgan fingerprint density at radius 3 is 2.67 bits per heavy atom. The fourth-order valence-corrected chi connectivity index (χ4v) is 4.43. The van der Waals surface area contributed by atoms with Gasteiger partial charge in [-0.15, -0.1) is 0 Å². The molecule has 1 aliphatic rings. The first kappa shape index (κ1) is 17.9. The Hall–Kier alpha value is -2.47. The maximum absolute atomic E-state index is 12.2. The lowest BCUT2D eigenvalue weighted by Gasteiger charge is -2.30. The number of carbonyl (C=O) groups excluding carboxylic acids is 1. The van der Waals surface area contributed by atoms with E-state index in [1.807, 2.05) is 24.3 Å². The lowest BCUT2D eigenvalue weighted by molar-refractivity contribution is -0.125. The number of fused-ring (bicyclic) bond motifs is 1. The van der Waals surface area contributed by atoms with Crippen molar-refractivity contribution in [2.24, 2.45) is 5.92 Å². The molecule has 3 aromatic rings. The van der Waals surface area contributed by atoms with E-state index >= 15 is 0 Å². The van der Waals surface area contributed by atoms with Crippen LogP contribution >= 0.6 is 11.3 Å². The van der Waals surface area contributed by atoms with E-state index in [2.05, 4.69) is 35.3 Å². The molecule has 1 fully saturated rings. The third-order valence-corrected chi connectivity index (χ3v) is 6.03. The highest BCUT2D eigenvalue weighted by Gasteiger charge is 2.26. The Balaban J connectivity index is 1.46. The molecule has 27 heavy (non-hydrogen) atoms. The molecule has 1 amide bonds. The maximum Gasteiger partial charge on any atom is 0.223 e. The van der Waals surface area contributed by atoms with Crippen LogP contribution in [0.15, 0.2) is 42.5 Å². The topological polar surface area (TPSA) is 58.1 Å². The fourth-order valence-electron chi connectivity index (χ4n) is 3.44. The summed E-state index contributed by atoms with van der Waals surface area (Å²) in [4.78, 5) is 25.0. The number of nitrogens with zero attached hydrogens (tertiary/aromatic N) is 3. The summed E-state index contributed by atoms with van der Waals surface area (Å²) >= 11 is 1.64. The summed E-state index contributed by atoms with van der Waals surface area (Å²) in [5.41, 5.74) is 3.04. The molecule has 0 bridgehead atoms. The summed E-state index contributed by atoms with van der Waals surface area (Å²) < 4.78 is 0. The van der Waals surface area contributed by atoms with Crippen LogP contribution in [-0.4, -0.2) is 35.5 Å². The molecule has 0 atom stereocenters. The minimum atomic E-state index is 0.130. The lowest BCUT2D eigenvalue weighted by atomic mass is 9.96. The molecule has 140 valence electrons. The van der Waals surface area contributed by atoms with E-state index in [1.54, 1.807) is 11.3 Å². The molecule has 3 heterocycles. The van der Waals surface area contributed by atoms with Crippen LogP contribution in [-0.2, 0) is 4.79 Å². The normalized spacial score (nSPS) is 15.2. The number of hydrogen-bond donors (Lipinski definition) is 1. The summed E-state index contributed by atoms with van der Waals surface area (Å²) in [5, 5.41) is 4.03. The van der Waals surface area contributed by atoms with Crippen molar-refractivity contribution in [2.45, 2.75) is 26.2 Å². The molecule has 1 saturated heterocycles. The second-order valence-corrected chi connectivity index (χ2v) is 7.89. The minimum absolute atomic E-state index is 0.130. The summed E-state index contributed by atoms with van der Waals surface area (Å²) in [5.74, 6) is 0.333. The van der Waals surface area contributed by atoms with Crippen LogP contribution in [0.1, 0.15) is 26.2 Å². The van der Waals surface area contributed by atoms with Gasteiger partial charge in [-0.2, -0.15) is 0 Å². The highest BCUT2D eigenvalue weighted by molar-refractivity contribution is 7.21. The molecule has 5 nitrogen and oxygen atoms in total. The van der Waals surface area contributed by atoms with Gasteiger partial charge in [0.25, 0.3) is 0 Å². The van der Waals surface area contributed by atoms with Gasteiger partial charge in [0, 0.05) is 31.1 Å². The molecule has 4 rings (SSSR count). The van der Waals surface area contributed by atoms with Crippen LogP contribution in [0.3, 0.4) is 0 Å². The minimum Gasteiger partial charge on any atom is -0.356 e. The number of thiazole rings is 1. The van der Waals surface area contributed by atoms with Gasteiger partial charge in [0.05, 0.1) is 5.69 Å². The summed E-state index contributed by atoms with van der Waals surface area (Å²) in [6.07, 6.45) is 2.75. The van der Waals surface area contributed by atoms with Gasteiger partial charge in [0.2, 0.25) is 5.91 Å². The fraction of sp³-hybridized carbons (Fsp3) is 0.381. The number of piperidine rings is 1. The molecule has 1 aliphatic heterocycles. The van der Waals surface area contributed by atoms with Crippen molar-refractivity contribution in [2.75, 3.05) is 24.5 Å². The van der Waals surface area contributed by atoms with Crippen molar-refractivity contribution in [3.63, 3.8) is 0 Å². The first-order valence-corrected chi connectivity index (χ1v) is 10.4. The van der Waals surface area contributed by atoms with E-state index in [4.69, 9.17) is 9.97 Å². The van der Waals surface area contributed by atoms with Gasteiger partial charge in [-0.25, -0.2) is 9.97 Å². The number of benzene rings is 1. The van der Waals surface area contributed by atoms with Crippen molar-refractivity contribution >= 4 is 32.7 Å². The predicted octanol–water partition coefficient (Wildman–Crippen LogP) is 4.10. The van der Waals surface area contributed by atoms with Gasteiger partial charge >= 0.3 is 0 Å². The average Bonchev–Trinajstić information content (AvgIpc) is 3.16. The van der Waals surface area contributed by atoms with E-state index < -0.39 is 0 Å². The Labute approximate surface area is 163 Å². The zero-order chi connectivity index (χ0) is 18.6. The quantitative estimate of drug-likeness (QED) is 0.724. The molecule has 0 aliphatic carbocycles. The van der Waals surface area contributed by atoms with Crippen molar-refractivity contribution in [3.05, 3.63) is 42.5 Å². The standard InChI is InChI=1S/C21H24N4OS/c1-2-12-22-19(26)16-10-13-25(14-11-16)21-24-18-9-8-17(23-20(18)27-21)15-6-4-3-5-7-15/h3-9,16H,2,10-14H2,1H3,(H,22,26). The maximum atomic E-state index is 12.2. The Morgan fingerprint density at radius 2 is 1.93 bits per heavy atom. The molecule has 0 unspecified atom stereocenters. The van der Waals surface area contributed by atoms with Crippen LogP contribution in [0.4, 0.5) is 5.13 Å². The van der Waals surface area contributed by atoms with Crippen LogP contribution in [0.5, 0.6) is 0 Å². The molecule has 0 radical (unpaired) electrons. The van der Waals surface area contributed by atoms with E-state index in [9.17, 15) is 4.79 Å². The molecular weight excluding hydrogens is 356 g/mol. The van der Waals surface area contributed by atoms with Crippen LogP contribution in [0, 0.1) is 5.92 Å². The smallest absolute Gasteiger partial charge is 0.223 e. The van der Waals surface area contributed by atoms with Crippen molar-refractivity contribution in [3.8, 4) is 11.3 Å². The second-order valence-electron chi connectivity index (χ2n) is 6.94. The van der Waals surface area contributed by atoms with Crippen molar-refractivity contribution in [1.82, 2.24) is 15.3 Å². The van der Waals surface area contributed by atoms with E-state index in [-0.39, 0.29) is 11.8 Å². The zero-order valence-electron chi connectivity index (χ0n) is 15.5. The molecule has 0 spiro atoms. The SMILES string of the molecule is CCCNC(=O)C1CCN(c2nc3ccc(-c4ccccc4)nc3s2)CC1. The number of amides is 1. The number of aromatic nitrogens is 2. The number of pyridine rings is 1. The predicted molar refractivity (Wildman–Crippen MR) is 111 cm³/mol. The molecule has 1 N–H and O–H groups in total. The summed E-state index contributed by atoms with van der Waals surface area (Å²) in [7, 11) is 0. The second kappa shape index (κ2) is 8.05. The van der Waals surface area contributed by atoms with Gasteiger partial charge < -0.3 is 10.2 Å². The van der Waals surface area contributed by atoms with Crippen LogP contribution in [0.25, 0.3) is 21.6 Å². The third kappa shape index (κ3) is 3.95. The van der Waals surface area contributed by atoms with Crippen molar-refractivity contribution in [1.29, 1.82) is 0 Å². The van der Waals surface area contributed by atoms with Crippen LogP contribution < -0.4 is 10.2 Å². The first-order chi connectivity index (χ1) is 13.2. The zero-order valence-corrected chi connectivity index (χ0v) is 16.3. The number of anilines is 1. The third-order valence-electron chi connectivity index (χ3n) is 5.00. The Kier molecular flexibility index (Phi) is 5.34. The number of carbonyl (C=O) groups is 1. The first-order valence-electron chi connectivity index (χ1n) is 9.60. The Bertz CT molecular complexity index is 916. The van der Waals surface area contributed by atoms with E-state index in [0.717, 1.165) is 65.6 Å². The Morgan fingerprint density at radius 1 is 1.15 bits per heavy atom. The number of rotatable bonds is 5. The van der Waals surface area contributed by atoms with E-state index in [0.29, 0.717) is 0 Å². The van der Waals surface area contributed by atoms with Crippen LogP contribution in [0.2, 0.25) is 0 Å². The molecule has 1 aromatic carbocycles. The molecule has 2 aromatic heterocycles. The van der Waals surface area contributed by atoms with Gasteiger partial charge in [0.1, 0.15) is 10.3 Å². The molecule has 0 saturated carbocycles. The molecule has 6 heteroatoms. The van der Waals surface area contributed by atoms with Gasteiger partial charge in [0.15, 0.2) is 5.13 Å². The molecular formula is C21H24N4OS. The van der Waals surface area contributed by atoms with Gasteiger partial charge in [-0.3, -0.25) is 4.79 Å². The monoisotopic (exact) mass is 380 g/mol. The van der Waals surface area contributed by atoms with Gasteiger partial charge in [-0.1, -0.05) is 48.6 Å². The lowest BCUT2D eigenvalue weighted by Crippen LogP contribution is -2.40. The average molecular weight is 381 g/mol.